The molecule has 0 unspecified atom stereocenters. The molecule has 0 spiro atoms. The monoisotopic (exact) mass is 455 g/mol. The van der Waals surface area contributed by atoms with Gasteiger partial charge in [-0.25, -0.2) is 0 Å². The summed E-state index contributed by atoms with van der Waals surface area (Å²) in [4.78, 5) is 26.9. The number of hydrogen-bond donors (Lipinski definition) is 2. The predicted octanol–water partition coefficient (Wildman–Crippen LogP) is 4.15. The molecule has 2 heterocycles. The highest BCUT2D eigenvalue weighted by molar-refractivity contribution is 7.14. The summed E-state index contributed by atoms with van der Waals surface area (Å²) >= 11 is 1.50. The zero-order valence-electron chi connectivity index (χ0n) is 18.0. The van der Waals surface area contributed by atoms with Gasteiger partial charge < -0.3 is 14.0 Å². The van der Waals surface area contributed by atoms with Crippen LogP contribution in [0.25, 0.3) is 11.3 Å². The molecule has 8 nitrogen and oxygen atoms in total. The van der Waals surface area contributed by atoms with E-state index >= 15 is 0 Å². The van der Waals surface area contributed by atoms with Crippen LogP contribution in [0.4, 0.5) is 0 Å². The van der Waals surface area contributed by atoms with E-state index in [9.17, 15) is 9.59 Å². The Kier molecular flexibility index (Phi) is 6.75. The van der Waals surface area contributed by atoms with Gasteiger partial charge in [0.25, 0.3) is 11.8 Å². The molecule has 0 saturated carbocycles. The van der Waals surface area contributed by atoms with E-state index in [1.807, 2.05) is 6.07 Å². The van der Waals surface area contributed by atoms with Gasteiger partial charge in [-0.1, -0.05) is 18.0 Å². The highest BCUT2D eigenvalue weighted by Crippen LogP contribution is 2.33. The van der Waals surface area contributed by atoms with Crippen LogP contribution in [-0.2, 0) is 12.8 Å². The lowest BCUT2D eigenvalue weighted by Crippen LogP contribution is -2.41. The van der Waals surface area contributed by atoms with Crippen molar-refractivity contribution in [2.24, 2.45) is 0 Å². The summed E-state index contributed by atoms with van der Waals surface area (Å²) in [6.07, 6.45) is 6.77. The molecule has 32 heavy (non-hydrogen) atoms. The maximum atomic E-state index is 12.6. The first-order chi connectivity index (χ1) is 15.6. The lowest BCUT2D eigenvalue weighted by atomic mass is 10.00. The van der Waals surface area contributed by atoms with E-state index in [1.54, 1.807) is 25.3 Å². The standard InChI is InChI=1S/C23H25N3O5S/c1-29-15-9-10-18(30-2)16(12-15)19-13-17(26-31-19)22(27)24-25-23(28)21-11-14-7-5-3-4-6-8-20(14)32-21/h9-13H,3-8H2,1-2H3,(H,24,27)(H,25,28). The number of carbonyl (C=O) groups excluding carboxylic acids is 2. The molecule has 0 atom stereocenters. The average molecular weight is 456 g/mol. The van der Waals surface area contributed by atoms with Crippen LogP contribution in [0.1, 0.15) is 56.3 Å². The average Bonchev–Trinajstić information content (AvgIpc) is 3.44. The minimum atomic E-state index is -0.579. The Morgan fingerprint density at radius 1 is 0.969 bits per heavy atom. The van der Waals surface area contributed by atoms with Crippen molar-refractivity contribution in [1.29, 1.82) is 0 Å². The third-order valence-corrected chi connectivity index (χ3v) is 6.66. The van der Waals surface area contributed by atoms with Crippen molar-refractivity contribution in [2.75, 3.05) is 14.2 Å². The van der Waals surface area contributed by atoms with Gasteiger partial charge in [-0.15, -0.1) is 11.3 Å². The summed E-state index contributed by atoms with van der Waals surface area (Å²) in [5.41, 5.74) is 6.76. The Labute approximate surface area is 189 Å². The Bertz CT molecular complexity index is 1100. The van der Waals surface area contributed by atoms with Crippen LogP contribution in [0.15, 0.2) is 34.9 Å². The van der Waals surface area contributed by atoms with Crippen LogP contribution in [0.3, 0.4) is 0 Å². The second-order valence-corrected chi connectivity index (χ2v) is 8.66. The minimum absolute atomic E-state index is 0.0311. The number of carbonyl (C=O) groups is 2. The zero-order chi connectivity index (χ0) is 22.5. The van der Waals surface area contributed by atoms with Gasteiger partial charge in [0.2, 0.25) is 0 Å². The summed E-state index contributed by atoms with van der Waals surface area (Å²) in [7, 11) is 3.09. The van der Waals surface area contributed by atoms with Gasteiger partial charge in [0.1, 0.15) is 11.5 Å². The van der Waals surface area contributed by atoms with Crippen molar-refractivity contribution in [3.63, 3.8) is 0 Å². The first kappa shape index (κ1) is 21.9. The van der Waals surface area contributed by atoms with E-state index in [0.29, 0.717) is 27.7 Å². The largest absolute Gasteiger partial charge is 0.497 e. The molecule has 9 heteroatoms. The number of fused-ring (bicyclic) bond motifs is 1. The molecule has 0 bridgehead atoms. The highest BCUT2D eigenvalue weighted by Gasteiger charge is 2.19. The maximum absolute atomic E-state index is 12.6. The van der Waals surface area contributed by atoms with Crippen LogP contribution in [-0.4, -0.2) is 31.2 Å². The number of amides is 2. The van der Waals surface area contributed by atoms with E-state index in [0.717, 1.165) is 25.7 Å². The van der Waals surface area contributed by atoms with E-state index in [2.05, 4.69) is 16.0 Å². The van der Waals surface area contributed by atoms with Crippen molar-refractivity contribution in [3.05, 3.63) is 51.3 Å². The molecule has 0 fully saturated rings. The molecule has 4 rings (SSSR count). The number of aryl methyl sites for hydroxylation is 2. The molecule has 0 radical (unpaired) electrons. The van der Waals surface area contributed by atoms with Gasteiger partial charge in [0.15, 0.2) is 11.5 Å². The fourth-order valence-electron chi connectivity index (χ4n) is 3.71. The number of benzene rings is 1. The van der Waals surface area contributed by atoms with Gasteiger partial charge in [0.05, 0.1) is 24.7 Å². The molecule has 1 aliphatic rings. The molecular formula is C23H25N3O5S. The Balaban J connectivity index is 1.42. The summed E-state index contributed by atoms with van der Waals surface area (Å²) in [5.74, 6) is 0.588. The number of ether oxygens (including phenoxy) is 2. The molecule has 2 N–H and O–H groups in total. The number of rotatable bonds is 5. The summed E-state index contributed by atoms with van der Waals surface area (Å²) < 4.78 is 15.9. The second kappa shape index (κ2) is 9.86. The first-order valence-corrected chi connectivity index (χ1v) is 11.3. The molecule has 0 aliphatic heterocycles. The van der Waals surface area contributed by atoms with Gasteiger partial charge >= 0.3 is 0 Å². The number of hydrogen-bond acceptors (Lipinski definition) is 7. The quantitative estimate of drug-likeness (QED) is 0.560. The van der Waals surface area contributed by atoms with Crippen LogP contribution in [0.2, 0.25) is 0 Å². The maximum Gasteiger partial charge on any atom is 0.291 e. The topological polar surface area (TPSA) is 103 Å². The van der Waals surface area contributed by atoms with Crippen LogP contribution in [0, 0.1) is 0 Å². The number of hydrazine groups is 1. The summed E-state index contributed by atoms with van der Waals surface area (Å²) in [6, 6.07) is 8.65. The smallest absolute Gasteiger partial charge is 0.291 e. The Hall–Kier alpha value is -3.33. The van der Waals surface area contributed by atoms with Crippen molar-refractivity contribution >= 4 is 23.2 Å². The fourth-order valence-corrected chi connectivity index (χ4v) is 4.86. The normalized spacial score (nSPS) is 13.4. The van der Waals surface area contributed by atoms with Gasteiger partial charge in [-0.05, 0) is 55.5 Å². The van der Waals surface area contributed by atoms with Crippen LogP contribution in [0.5, 0.6) is 11.5 Å². The highest BCUT2D eigenvalue weighted by atomic mass is 32.1. The van der Waals surface area contributed by atoms with E-state index < -0.39 is 5.91 Å². The van der Waals surface area contributed by atoms with Gasteiger partial charge in [-0.3, -0.25) is 20.4 Å². The van der Waals surface area contributed by atoms with Crippen LogP contribution >= 0.6 is 11.3 Å². The Morgan fingerprint density at radius 3 is 2.53 bits per heavy atom. The SMILES string of the molecule is COc1ccc(OC)c(-c2cc(C(=O)NNC(=O)c3cc4c(s3)CCCCCC4)no2)c1. The molecule has 1 aromatic carbocycles. The zero-order valence-corrected chi connectivity index (χ0v) is 18.8. The van der Waals surface area contributed by atoms with Crippen molar-refractivity contribution in [3.8, 4) is 22.8 Å². The number of methoxy groups -OCH3 is 2. The number of nitrogens with one attached hydrogen (secondary N) is 2. The molecule has 168 valence electrons. The minimum Gasteiger partial charge on any atom is -0.497 e. The molecular weight excluding hydrogens is 430 g/mol. The fraction of sp³-hybridized carbons (Fsp3) is 0.348. The third-order valence-electron chi connectivity index (χ3n) is 5.42. The number of aromatic nitrogens is 1. The summed E-state index contributed by atoms with van der Waals surface area (Å²) in [5, 5.41) is 3.82. The first-order valence-electron chi connectivity index (χ1n) is 10.5. The second-order valence-electron chi connectivity index (χ2n) is 7.52. The van der Waals surface area contributed by atoms with Crippen molar-refractivity contribution in [1.82, 2.24) is 16.0 Å². The molecule has 2 aromatic heterocycles. The van der Waals surface area contributed by atoms with Crippen molar-refractivity contribution < 1.29 is 23.6 Å². The van der Waals surface area contributed by atoms with E-state index in [-0.39, 0.29) is 11.6 Å². The van der Waals surface area contributed by atoms with Crippen LogP contribution < -0.4 is 20.3 Å². The summed E-state index contributed by atoms with van der Waals surface area (Å²) in [6.45, 7) is 0. The van der Waals surface area contributed by atoms with Crippen molar-refractivity contribution in [2.45, 2.75) is 38.5 Å². The predicted molar refractivity (Wildman–Crippen MR) is 120 cm³/mol. The van der Waals surface area contributed by atoms with E-state index in [1.165, 1.54) is 47.8 Å². The van der Waals surface area contributed by atoms with Gasteiger partial charge in [0, 0.05) is 10.9 Å². The molecule has 1 aliphatic carbocycles. The molecule has 3 aromatic rings. The van der Waals surface area contributed by atoms with E-state index in [4.69, 9.17) is 14.0 Å². The lowest BCUT2D eigenvalue weighted by molar-refractivity contribution is 0.0843. The lowest BCUT2D eigenvalue weighted by Gasteiger charge is -2.07. The third kappa shape index (κ3) is 4.77. The Morgan fingerprint density at radius 2 is 1.75 bits per heavy atom. The molecule has 2 amide bonds. The van der Waals surface area contributed by atoms with Gasteiger partial charge in [-0.2, -0.15) is 0 Å². The number of nitrogens with zero attached hydrogens (tertiary/aromatic N) is 1. The number of thiophene rings is 1. The molecule has 0 saturated heterocycles.